The molecule has 1 amide bonds. The molecule has 0 bridgehead atoms. The largest absolute Gasteiger partial charge is 0.501 e. The van der Waals surface area contributed by atoms with E-state index in [1.807, 2.05) is 0 Å². The second kappa shape index (κ2) is 4.58. The van der Waals surface area contributed by atoms with Crippen LogP contribution < -0.4 is 0 Å². The van der Waals surface area contributed by atoms with E-state index in [1.165, 1.54) is 36.1 Å². The minimum atomic E-state index is -1.45. The molecule has 0 spiro atoms. The van der Waals surface area contributed by atoms with Crippen molar-refractivity contribution >= 4 is 11.7 Å². The number of benzene rings is 1. The molecule has 1 aromatic carbocycles. The molecule has 0 saturated carbocycles. The van der Waals surface area contributed by atoms with E-state index in [2.05, 4.69) is 0 Å². The van der Waals surface area contributed by atoms with Crippen molar-refractivity contribution in [2.45, 2.75) is 25.4 Å². The summed E-state index contributed by atoms with van der Waals surface area (Å²) in [5.41, 5.74) is -1.03. The Labute approximate surface area is 120 Å². The summed E-state index contributed by atoms with van der Waals surface area (Å²) in [6, 6.07) is 5.28. The van der Waals surface area contributed by atoms with E-state index in [-0.39, 0.29) is 11.8 Å². The lowest BCUT2D eigenvalue weighted by Crippen LogP contribution is -2.32. The highest BCUT2D eigenvalue weighted by atomic mass is 19.1. The molecular weight excluding hydrogens is 277 g/mol. The Hall–Kier alpha value is -2.37. The molecule has 1 aromatic rings. The summed E-state index contributed by atoms with van der Waals surface area (Å²) >= 11 is 0. The van der Waals surface area contributed by atoms with Crippen molar-refractivity contribution in [1.29, 1.82) is 0 Å². The van der Waals surface area contributed by atoms with Crippen LogP contribution in [-0.4, -0.2) is 28.2 Å². The molecule has 3 rings (SSSR count). The van der Waals surface area contributed by atoms with Crippen molar-refractivity contribution in [1.82, 2.24) is 4.90 Å². The number of likely N-dealkylation sites (tertiary alicyclic amines) is 1. The number of ketones is 1. The van der Waals surface area contributed by atoms with E-state index in [9.17, 15) is 19.1 Å². The normalized spacial score (nSPS) is 25.7. The number of Topliss-reactive ketones (excluding diaryl/α,β-unsaturated/α-hetero) is 1. The zero-order valence-corrected chi connectivity index (χ0v) is 11.4. The molecule has 1 unspecified atom stereocenters. The third-order valence-corrected chi connectivity index (χ3v) is 3.87. The van der Waals surface area contributed by atoms with Crippen molar-refractivity contribution in [2.75, 3.05) is 6.54 Å². The van der Waals surface area contributed by atoms with Crippen LogP contribution in [0.3, 0.4) is 0 Å². The average Bonchev–Trinajstić information content (AvgIpc) is 2.98. The number of hydrogen-bond acceptors (Lipinski definition) is 4. The van der Waals surface area contributed by atoms with Crippen molar-refractivity contribution in [3.05, 3.63) is 47.3 Å². The van der Waals surface area contributed by atoms with Gasteiger partial charge in [0.1, 0.15) is 5.82 Å². The Kier molecular flexibility index (Phi) is 2.97. The molecule has 1 fully saturated rings. The van der Waals surface area contributed by atoms with Gasteiger partial charge in [-0.05, 0) is 25.5 Å². The number of nitrogens with zero attached hydrogens (tertiary/aromatic N) is 1. The van der Waals surface area contributed by atoms with Crippen LogP contribution in [0.1, 0.15) is 25.3 Å². The lowest BCUT2D eigenvalue weighted by Gasteiger charge is -2.25. The van der Waals surface area contributed by atoms with Crippen LogP contribution in [0.15, 0.2) is 35.9 Å². The maximum absolute atomic E-state index is 13.0. The Morgan fingerprint density at radius 1 is 1.29 bits per heavy atom. The highest BCUT2D eigenvalue weighted by molar-refractivity contribution is 6.03. The van der Waals surface area contributed by atoms with Crippen LogP contribution in [0.4, 0.5) is 4.39 Å². The summed E-state index contributed by atoms with van der Waals surface area (Å²) in [5.74, 6) is -1.91. The van der Waals surface area contributed by atoms with Crippen LogP contribution in [-0.2, 0) is 19.9 Å². The van der Waals surface area contributed by atoms with Gasteiger partial charge in [-0.15, -0.1) is 0 Å². The molecule has 0 aromatic heterocycles. The summed E-state index contributed by atoms with van der Waals surface area (Å²) in [6.07, 6.45) is 1.02. The number of carbonyl (C=O) groups excluding carboxylic acids is 2. The lowest BCUT2D eigenvalue weighted by molar-refractivity contribution is -0.136. The summed E-state index contributed by atoms with van der Waals surface area (Å²) in [5, 5.41) is 10.0. The first-order valence-electron chi connectivity index (χ1n) is 6.67. The van der Waals surface area contributed by atoms with Crippen molar-refractivity contribution in [3.8, 4) is 0 Å². The van der Waals surface area contributed by atoms with E-state index < -0.39 is 23.0 Å². The summed E-state index contributed by atoms with van der Waals surface area (Å²) in [6.45, 7) is 1.90. The topological polar surface area (TPSA) is 66.8 Å². The van der Waals surface area contributed by atoms with Gasteiger partial charge in [0.05, 0.1) is 0 Å². The van der Waals surface area contributed by atoms with Crippen LogP contribution in [0.25, 0.3) is 0 Å². The number of halogens is 1. The first-order valence-corrected chi connectivity index (χ1v) is 6.67. The van der Waals surface area contributed by atoms with Gasteiger partial charge in [-0.25, -0.2) is 4.39 Å². The summed E-state index contributed by atoms with van der Waals surface area (Å²) in [7, 11) is 0. The molecule has 5 nitrogen and oxygen atoms in total. The molecule has 0 radical (unpaired) electrons. The van der Waals surface area contributed by atoms with Gasteiger partial charge < -0.3 is 9.84 Å². The number of ether oxygens (including phenoxy) is 1. The molecule has 2 aliphatic heterocycles. The zero-order valence-electron chi connectivity index (χ0n) is 11.4. The molecular formula is C15H14FNO4. The molecule has 6 heteroatoms. The fourth-order valence-corrected chi connectivity index (χ4v) is 2.61. The molecule has 21 heavy (non-hydrogen) atoms. The number of carbonyl (C=O) groups is 2. The maximum atomic E-state index is 13.0. The SMILES string of the molecule is CC1(c2ccc(F)cc2)OC(N2CCCC2=O)=C(O)C1=O. The van der Waals surface area contributed by atoms with Gasteiger partial charge in [-0.2, -0.15) is 0 Å². The van der Waals surface area contributed by atoms with E-state index in [0.717, 1.165) is 0 Å². The van der Waals surface area contributed by atoms with E-state index in [4.69, 9.17) is 4.74 Å². The fraction of sp³-hybridized carbons (Fsp3) is 0.333. The summed E-state index contributed by atoms with van der Waals surface area (Å²) < 4.78 is 18.6. The van der Waals surface area contributed by atoms with E-state index in [0.29, 0.717) is 24.9 Å². The minimum absolute atomic E-state index is 0.102. The van der Waals surface area contributed by atoms with Gasteiger partial charge in [-0.1, -0.05) is 12.1 Å². The van der Waals surface area contributed by atoms with Gasteiger partial charge in [0, 0.05) is 18.5 Å². The highest BCUT2D eigenvalue weighted by Crippen LogP contribution is 2.40. The Balaban J connectivity index is 1.96. The zero-order chi connectivity index (χ0) is 15.2. The molecule has 1 saturated heterocycles. The molecule has 110 valence electrons. The van der Waals surface area contributed by atoms with Crippen LogP contribution in [0, 0.1) is 5.82 Å². The van der Waals surface area contributed by atoms with Crippen LogP contribution >= 0.6 is 0 Å². The molecule has 2 heterocycles. The first-order chi connectivity index (χ1) is 9.93. The molecule has 1 atom stereocenters. The number of hydrogen-bond donors (Lipinski definition) is 1. The predicted octanol–water partition coefficient (Wildman–Crippen LogP) is 1.99. The molecule has 2 aliphatic rings. The highest BCUT2D eigenvalue weighted by Gasteiger charge is 2.50. The van der Waals surface area contributed by atoms with Crippen molar-refractivity contribution in [2.24, 2.45) is 0 Å². The standard InChI is InChI=1S/C15H14FNO4/c1-15(9-4-6-10(16)7-5-9)13(20)12(19)14(21-15)17-8-2-3-11(17)18/h4-7,19H,2-3,8H2,1H3. The van der Waals surface area contributed by atoms with Gasteiger partial charge in [0.2, 0.25) is 17.5 Å². The number of aliphatic hydroxyl groups excluding tert-OH is 1. The quantitative estimate of drug-likeness (QED) is 0.905. The van der Waals surface area contributed by atoms with E-state index >= 15 is 0 Å². The first kappa shape index (κ1) is 13.6. The third-order valence-electron chi connectivity index (χ3n) is 3.87. The van der Waals surface area contributed by atoms with Crippen LogP contribution in [0.5, 0.6) is 0 Å². The van der Waals surface area contributed by atoms with Crippen molar-refractivity contribution < 1.29 is 23.8 Å². The monoisotopic (exact) mass is 291 g/mol. The maximum Gasteiger partial charge on any atom is 0.250 e. The number of rotatable bonds is 2. The second-order valence-electron chi connectivity index (χ2n) is 5.27. The number of aliphatic hydroxyl groups is 1. The van der Waals surface area contributed by atoms with Crippen molar-refractivity contribution in [3.63, 3.8) is 0 Å². The second-order valence-corrected chi connectivity index (χ2v) is 5.27. The van der Waals surface area contributed by atoms with Gasteiger partial charge in [0.25, 0.3) is 5.78 Å². The fourth-order valence-electron chi connectivity index (χ4n) is 2.61. The van der Waals surface area contributed by atoms with Gasteiger partial charge >= 0.3 is 0 Å². The summed E-state index contributed by atoms with van der Waals surface area (Å²) in [4.78, 5) is 25.3. The van der Waals surface area contributed by atoms with E-state index in [1.54, 1.807) is 0 Å². The molecule has 0 aliphatic carbocycles. The Bertz CT molecular complexity index is 652. The lowest BCUT2D eigenvalue weighted by atomic mass is 9.92. The minimum Gasteiger partial charge on any atom is -0.501 e. The average molecular weight is 291 g/mol. The third kappa shape index (κ3) is 1.98. The smallest absolute Gasteiger partial charge is 0.250 e. The van der Waals surface area contributed by atoms with Gasteiger partial charge in [-0.3, -0.25) is 14.5 Å². The van der Waals surface area contributed by atoms with Crippen LogP contribution in [0.2, 0.25) is 0 Å². The molecule has 1 N–H and O–H groups in total. The Morgan fingerprint density at radius 3 is 2.52 bits per heavy atom. The number of amides is 1. The van der Waals surface area contributed by atoms with Gasteiger partial charge in [0.15, 0.2) is 5.60 Å². The predicted molar refractivity (Wildman–Crippen MR) is 70.4 cm³/mol. The Morgan fingerprint density at radius 2 is 1.95 bits per heavy atom.